The second-order valence-electron chi connectivity index (χ2n) is 8.46. The van der Waals surface area contributed by atoms with Crippen molar-refractivity contribution in [2.24, 2.45) is 0 Å². The molecule has 0 amide bonds. The normalized spacial score (nSPS) is 17.9. The topological polar surface area (TPSA) is 53.3 Å². The lowest BCUT2D eigenvalue weighted by molar-refractivity contribution is 0.475. The third-order valence-electron chi connectivity index (χ3n) is 6.37. The Morgan fingerprint density at radius 1 is 0.939 bits per heavy atom. The van der Waals surface area contributed by atoms with Crippen molar-refractivity contribution in [1.29, 1.82) is 0 Å². The first-order valence-electron chi connectivity index (χ1n) is 11.0. The van der Waals surface area contributed by atoms with Gasteiger partial charge in [0.25, 0.3) is 0 Å². The van der Waals surface area contributed by atoms with Crippen molar-refractivity contribution in [2.75, 3.05) is 4.90 Å². The zero-order valence-corrected chi connectivity index (χ0v) is 19.7. The number of benzene rings is 2. The number of aryl methyl sites for hydroxylation is 2. The third-order valence-corrected chi connectivity index (χ3v) is 6.69. The number of hydrogen-bond acceptors (Lipinski definition) is 3. The van der Waals surface area contributed by atoms with Crippen LogP contribution in [0.25, 0.3) is 5.69 Å². The van der Waals surface area contributed by atoms with E-state index in [0.717, 1.165) is 11.4 Å². The molecule has 1 aliphatic heterocycles. The lowest BCUT2D eigenvalue weighted by Gasteiger charge is -2.28. The van der Waals surface area contributed by atoms with Gasteiger partial charge in [0, 0.05) is 29.0 Å². The van der Waals surface area contributed by atoms with E-state index in [1.807, 2.05) is 36.5 Å². The first kappa shape index (κ1) is 21.2. The number of aromatic hydroxyl groups is 1. The number of nitrogens with one attached hydrogen (secondary N) is 1. The predicted molar refractivity (Wildman–Crippen MR) is 136 cm³/mol. The van der Waals surface area contributed by atoms with Gasteiger partial charge in [0.05, 0.1) is 17.8 Å². The number of hydrogen-bond donors (Lipinski definition) is 2. The molecule has 2 N–H and O–H groups in total. The second kappa shape index (κ2) is 8.37. The first-order chi connectivity index (χ1) is 16.0. The number of phenols is 1. The molecule has 2 aromatic heterocycles. The Labute approximate surface area is 199 Å². The van der Waals surface area contributed by atoms with Crippen LogP contribution in [0.5, 0.6) is 5.75 Å². The van der Waals surface area contributed by atoms with Gasteiger partial charge in [-0.05, 0) is 92.6 Å². The van der Waals surface area contributed by atoms with Crippen LogP contribution in [-0.2, 0) is 0 Å². The standard InChI is InChI=1S/C27H26N4OS/c1-17-8-4-5-10-24(17)30-18(2)16-22(19(30)3)26-25(23-9-6-7-15-28-23)29-27(33)31(26)20-11-13-21(32)14-12-20/h4-16,25-26,32H,1-3H3,(H,29,33). The summed E-state index contributed by atoms with van der Waals surface area (Å²) >= 11 is 5.82. The van der Waals surface area contributed by atoms with E-state index >= 15 is 0 Å². The summed E-state index contributed by atoms with van der Waals surface area (Å²) in [7, 11) is 0. The molecular weight excluding hydrogens is 428 g/mol. The highest BCUT2D eigenvalue weighted by atomic mass is 32.1. The summed E-state index contributed by atoms with van der Waals surface area (Å²) in [5, 5.41) is 14.0. The Kier molecular flexibility index (Phi) is 5.38. The number of anilines is 1. The molecule has 2 unspecified atom stereocenters. The molecule has 0 aliphatic carbocycles. The summed E-state index contributed by atoms with van der Waals surface area (Å²) < 4.78 is 2.32. The minimum absolute atomic E-state index is 0.0964. The van der Waals surface area contributed by atoms with Gasteiger partial charge in [-0.25, -0.2) is 0 Å². The van der Waals surface area contributed by atoms with E-state index in [9.17, 15) is 5.11 Å². The highest BCUT2D eigenvalue weighted by molar-refractivity contribution is 7.80. The molecule has 1 fully saturated rings. The van der Waals surface area contributed by atoms with Crippen LogP contribution in [0.4, 0.5) is 5.69 Å². The van der Waals surface area contributed by atoms with Gasteiger partial charge in [-0.1, -0.05) is 24.3 Å². The van der Waals surface area contributed by atoms with Gasteiger partial charge in [-0.3, -0.25) is 4.98 Å². The van der Waals surface area contributed by atoms with Gasteiger partial charge < -0.3 is 19.9 Å². The van der Waals surface area contributed by atoms with Crippen molar-refractivity contribution in [3.05, 3.63) is 107 Å². The highest BCUT2D eigenvalue weighted by Crippen LogP contribution is 2.44. The summed E-state index contributed by atoms with van der Waals surface area (Å²) in [5.74, 6) is 0.229. The van der Waals surface area contributed by atoms with Crippen molar-refractivity contribution in [3.63, 3.8) is 0 Å². The smallest absolute Gasteiger partial charge is 0.174 e. The maximum absolute atomic E-state index is 9.83. The van der Waals surface area contributed by atoms with Gasteiger partial charge in [-0.2, -0.15) is 0 Å². The fourth-order valence-corrected chi connectivity index (χ4v) is 5.18. The average molecular weight is 455 g/mol. The number of thiocarbonyl (C=S) groups is 1. The van der Waals surface area contributed by atoms with Crippen molar-refractivity contribution < 1.29 is 5.11 Å². The minimum Gasteiger partial charge on any atom is -0.508 e. The molecule has 5 rings (SSSR count). The van der Waals surface area contributed by atoms with E-state index in [1.165, 1.54) is 28.2 Å². The number of pyridine rings is 1. The number of rotatable bonds is 4. The second-order valence-corrected chi connectivity index (χ2v) is 8.85. The number of phenolic OH excluding ortho intramolecular Hbond substituents is 1. The predicted octanol–water partition coefficient (Wildman–Crippen LogP) is 5.68. The first-order valence-corrected chi connectivity index (χ1v) is 11.4. The van der Waals surface area contributed by atoms with Gasteiger partial charge in [-0.15, -0.1) is 0 Å². The highest BCUT2D eigenvalue weighted by Gasteiger charge is 2.42. The molecule has 1 saturated heterocycles. The van der Waals surface area contributed by atoms with E-state index in [-0.39, 0.29) is 17.8 Å². The maximum Gasteiger partial charge on any atom is 0.174 e. The van der Waals surface area contributed by atoms with Crippen molar-refractivity contribution in [3.8, 4) is 11.4 Å². The molecule has 0 bridgehead atoms. The molecular formula is C27H26N4OS. The summed E-state index contributed by atoms with van der Waals surface area (Å²) in [6.07, 6.45) is 1.82. The van der Waals surface area contributed by atoms with Crippen LogP contribution in [0.3, 0.4) is 0 Å². The zero-order chi connectivity index (χ0) is 23.1. The van der Waals surface area contributed by atoms with Crippen LogP contribution in [0, 0.1) is 20.8 Å². The van der Waals surface area contributed by atoms with Crippen LogP contribution in [0.15, 0.2) is 79.0 Å². The van der Waals surface area contributed by atoms with E-state index in [4.69, 9.17) is 12.2 Å². The Bertz CT molecular complexity index is 1310. The molecule has 0 spiro atoms. The van der Waals surface area contributed by atoms with Crippen LogP contribution in [0.1, 0.15) is 40.3 Å². The number of nitrogens with zero attached hydrogens (tertiary/aromatic N) is 3. The van der Waals surface area contributed by atoms with E-state index in [0.29, 0.717) is 5.11 Å². The number of aromatic nitrogens is 2. The van der Waals surface area contributed by atoms with Crippen molar-refractivity contribution in [2.45, 2.75) is 32.9 Å². The molecule has 6 heteroatoms. The van der Waals surface area contributed by atoms with E-state index in [1.54, 1.807) is 12.1 Å². The third kappa shape index (κ3) is 3.66. The molecule has 3 heterocycles. The van der Waals surface area contributed by atoms with Gasteiger partial charge in [0.15, 0.2) is 5.11 Å². The van der Waals surface area contributed by atoms with Crippen LogP contribution < -0.4 is 10.2 Å². The summed E-state index contributed by atoms with van der Waals surface area (Å²) in [4.78, 5) is 6.79. The monoisotopic (exact) mass is 454 g/mol. The van der Waals surface area contributed by atoms with E-state index in [2.05, 4.69) is 70.9 Å². The fourth-order valence-electron chi connectivity index (χ4n) is 4.83. The van der Waals surface area contributed by atoms with Crippen LogP contribution >= 0.6 is 12.2 Å². The lowest BCUT2D eigenvalue weighted by atomic mass is 9.96. The molecule has 0 radical (unpaired) electrons. The molecule has 4 aromatic rings. The largest absolute Gasteiger partial charge is 0.508 e. The Hall–Kier alpha value is -3.64. The molecule has 5 nitrogen and oxygen atoms in total. The Balaban J connectivity index is 1.69. The quantitative estimate of drug-likeness (QED) is 0.389. The SMILES string of the molecule is Cc1ccccc1-n1c(C)cc(C2C(c3ccccn3)NC(=S)N2c2ccc(O)cc2)c1C. The van der Waals surface area contributed by atoms with Gasteiger partial charge >= 0.3 is 0 Å². The van der Waals surface area contributed by atoms with Crippen molar-refractivity contribution in [1.82, 2.24) is 14.9 Å². The summed E-state index contributed by atoms with van der Waals surface area (Å²) in [6.45, 7) is 6.45. The molecule has 2 atom stereocenters. The molecule has 1 aliphatic rings. The van der Waals surface area contributed by atoms with Crippen LogP contribution in [0.2, 0.25) is 0 Å². The minimum atomic E-state index is -0.113. The van der Waals surface area contributed by atoms with Gasteiger partial charge in [0.1, 0.15) is 5.75 Å². The zero-order valence-electron chi connectivity index (χ0n) is 18.9. The summed E-state index contributed by atoms with van der Waals surface area (Å²) in [5.41, 5.74) is 7.79. The summed E-state index contributed by atoms with van der Waals surface area (Å²) in [6, 6.07) is 23.6. The molecule has 0 saturated carbocycles. The Morgan fingerprint density at radius 2 is 1.67 bits per heavy atom. The van der Waals surface area contributed by atoms with E-state index < -0.39 is 0 Å². The maximum atomic E-state index is 9.83. The molecule has 33 heavy (non-hydrogen) atoms. The number of para-hydroxylation sites is 1. The van der Waals surface area contributed by atoms with Crippen LogP contribution in [-0.4, -0.2) is 19.8 Å². The van der Waals surface area contributed by atoms with Gasteiger partial charge in [0.2, 0.25) is 0 Å². The fraction of sp³-hybridized carbons (Fsp3) is 0.185. The molecule has 2 aromatic carbocycles. The lowest BCUT2D eigenvalue weighted by Crippen LogP contribution is -2.29. The Morgan fingerprint density at radius 3 is 2.36 bits per heavy atom. The average Bonchev–Trinajstić information content (AvgIpc) is 3.31. The molecule has 166 valence electrons. The van der Waals surface area contributed by atoms with Crippen molar-refractivity contribution >= 4 is 23.0 Å².